The van der Waals surface area contributed by atoms with E-state index in [-0.39, 0.29) is 54.6 Å². The average molecular weight is 481 g/mol. The molecule has 0 spiro atoms. The number of hydrogen-bond donors (Lipinski definition) is 1. The SMILES string of the molecule is O=[N+]([O-])O.[PbH2].[PbH2]. The number of nitrogens with zero attached hydrogens (tertiary/aromatic N) is 1. The molecule has 0 fully saturated rings. The van der Waals surface area contributed by atoms with E-state index in [1.165, 1.54) is 0 Å². The summed E-state index contributed by atoms with van der Waals surface area (Å²) < 4.78 is 0. The molecule has 0 aromatic carbocycles. The second-order valence-electron chi connectivity index (χ2n) is 0.238. The minimum atomic E-state index is -1.50. The fraction of sp³-hybridized carbons (Fsp3) is 0. The number of hydrogen-bond acceptors (Lipinski definition) is 2. The summed E-state index contributed by atoms with van der Waals surface area (Å²) in [5.74, 6) is 0. The van der Waals surface area contributed by atoms with Crippen molar-refractivity contribution in [2.45, 2.75) is 0 Å². The van der Waals surface area contributed by atoms with Gasteiger partial charge in [-0.2, -0.15) is 0 Å². The maximum absolute atomic E-state index is 8.36. The molecule has 6 heteroatoms. The van der Waals surface area contributed by atoms with Crippen molar-refractivity contribution in [1.82, 2.24) is 0 Å². The molecule has 0 saturated carbocycles. The zero-order valence-corrected chi connectivity index (χ0v) is 14.1. The van der Waals surface area contributed by atoms with Crippen molar-refractivity contribution in [3.63, 3.8) is 0 Å². The Balaban J connectivity index is -0.0000000450. The van der Waals surface area contributed by atoms with Crippen LogP contribution in [0.15, 0.2) is 0 Å². The molecular weight excluding hydrogens is 476 g/mol. The van der Waals surface area contributed by atoms with Gasteiger partial charge in [0.15, 0.2) is 0 Å². The summed E-state index contributed by atoms with van der Waals surface area (Å²) in [6.45, 7) is 0. The van der Waals surface area contributed by atoms with E-state index in [0.717, 1.165) is 0 Å². The molecule has 0 rings (SSSR count). The second-order valence-corrected chi connectivity index (χ2v) is 0.238. The van der Waals surface area contributed by atoms with Gasteiger partial charge in [-0.15, -0.1) is 10.1 Å². The summed E-state index contributed by atoms with van der Waals surface area (Å²) in [5, 5.41) is 13.6. The van der Waals surface area contributed by atoms with E-state index in [2.05, 4.69) is 0 Å². The normalized spacial score (nSPS) is 4.00. The molecule has 36 valence electrons. The van der Waals surface area contributed by atoms with Gasteiger partial charge in [-0.25, -0.2) is 0 Å². The Morgan fingerprint density at radius 2 is 1.50 bits per heavy atom. The van der Waals surface area contributed by atoms with Crippen molar-refractivity contribution in [3.05, 3.63) is 10.1 Å². The molecule has 1 N–H and O–H groups in total. The van der Waals surface area contributed by atoms with Crippen LogP contribution in [0.1, 0.15) is 0 Å². The zero-order chi connectivity index (χ0) is 3.58. The average Bonchev–Trinajstić information content (AvgIpc) is 0.811. The molecule has 0 atom stereocenters. The van der Waals surface area contributed by atoms with Crippen molar-refractivity contribution in [2.75, 3.05) is 0 Å². The third-order valence-electron chi connectivity index (χ3n) is 0. The van der Waals surface area contributed by atoms with Gasteiger partial charge in [0, 0.05) is 0 Å². The Morgan fingerprint density at radius 1 is 1.50 bits per heavy atom. The van der Waals surface area contributed by atoms with Crippen molar-refractivity contribution in [3.8, 4) is 0 Å². The van der Waals surface area contributed by atoms with Crippen LogP contribution in [-0.2, 0) is 0 Å². The molecule has 0 aliphatic heterocycles. The van der Waals surface area contributed by atoms with E-state index in [9.17, 15) is 0 Å². The molecule has 0 heterocycles. The molecular formula is H5NO3Pb2. The van der Waals surface area contributed by atoms with Crippen LogP contribution in [0.4, 0.5) is 0 Å². The number of rotatable bonds is 0. The van der Waals surface area contributed by atoms with Crippen LogP contribution in [0, 0.1) is 10.1 Å². The Bertz CT molecular complexity index is 31.8. The molecule has 0 aromatic rings. The molecule has 0 bridgehead atoms. The van der Waals surface area contributed by atoms with Crippen LogP contribution < -0.4 is 0 Å². The first-order valence-electron chi connectivity index (χ1n) is 0.565. The Hall–Kier alpha value is 1.04. The molecule has 4 nitrogen and oxygen atoms in total. The quantitative estimate of drug-likeness (QED) is 0.243. The van der Waals surface area contributed by atoms with E-state index in [0.29, 0.717) is 0 Å². The Morgan fingerprint density at radius 3 is 1.50 bits per heavy atom. The molecule has 0 amide bonds. The summed E-state index contributed by atoms with van der Waals surface area (Å²) >= 11 is 0. The summed E-state index contributed by atoms with van der Waals surface area (Å²) in [4.78, 5) is 8.36. The van der Waals surface area contributed by atoms with Crippen LogP contribution in [0.3, 0.4) is 0 Å². The van der Waals surface area contributed by atoms with E-state index >= 15 is 0 Å². The van der Waals surface area contributed by atoms with E-state index in [4.69, 9.17) is 15.3 Å². The van der Waals surface area contributed by atoms with Crippen LogP contribution in [0.25, 0.3) is 0 Å². The molecule has 0 aliphatic carbocycles. The fourth-order valence-corrected chi connectivity index (χ4v) is 0. The van der Waals surface area contributed by atoms with Crippen LogP contribution in [-0.4, -0.2) is 64.9 Å². The van der Waals surface area contributed by atoms with Crippen LogP contribution in [0.2, 0.25) is 0 Å². The first kappa shape index (κ1) is 15.7. The summed E-state index contributed by atoms with van der Waals surface area (Å²) in [6, 6.07) is 0. The zero-order valence-electron chi connectivity index (χ0n) is 3.13. The molecule has 0 unspecified atom stereocenters. The molecule has 0 aromatic heterocycles. The van der Waals surface area contributed by atoms with Gasteiger partial charge in [0.2, 0.25) is 0 Å². The third kappa shape index (κ3) is 75.7. The van der Waals surface area contributed by atoms with Gasteiger partial charge in [-0.3, -0.25) is 0 Å². The fourth-order valence-electron chi connectivity index (χ4n) is 0. The second kappa shape index (κ2) is 9.40. The van der Waals surface area contributed by atoms with Gasteiger partial charge in [0.25, 0.3) is 5.09 Å². The Labute approximate surface area is 74.3 Å². The van der Waals surface area contributed by atoms with E-state index < -0.39 is 5.09 Å². The predicted molar refractivity (Wildman–Crippen MR) is 25.9 cm³/mol. The van der Waals surface area contributed by atoms with Crippen molar-refractivity contribution in [2.24, 2.45) is 0 Å². The van der Waals surface area contributed by atoms with Gasteiger partial charge in [0.1, 0.15) is 0 Å². The van der Waals surface area contributed by atoms with Gasteiger partial charge >= 0.3 is 54.6 Å². The maximum atomic E-state index is 8.36. The van der Waals surface area contributed by atoms with Gasteiger partial charge in [-0.05, 0) is 0 Å². The monoisotopic (exact) mass is 483 g/mol. The van der Waals surface area contributed by atoms with Crippen LogP contribution in [0.5, 0.6) is 0 Å². The summed E-state index contributed by atoms with van der Waals surface area (Å²) in [6.07, 6.45) is 0. The van der Waals surface area contributed by atoms with Crippen molar-refractivity contribution < 1.29 is 10.3 Å². The topological polar surface area (TPSA) is 63.4 Å². The minimum absolute atomic E-state index is 0. The Kier molecular flexibility index (Phi) is 24.7. The predicted octanol–water partition coefficient (Wildman–Crippen LogP) is -2.18. The molecule has 6 heavy (non-hydrogen) atoms. The van der Waals surface area contributed by atoms with E-state index in [1.54, 1.807) is 0 Å². The molecule has 0 aliphatic rings. The molecule has 4 radical (unpaired) electrons. The summed E-state index contributed by atoms with van der Waals surface area (Å²) in [7, 11) is 0. The first-order valence-corrected chi connectivity index (χ1v) is 0.565. The van der Waals surface area contributed by atoms with Crippen molar-refractivity contribution >= 4 is 54.6 Å². The first-order chi connectivity index (χ1) is 1.73. The van der Waals surface area contributed by atoms with Crippen molar-refractivity contribution in [1.29, 1.82) is 0 Å². The van der Waals surface area contributed by atoms with E-state index in [1.807, 2.05) is 0 Å². The summed E-state index contributed by atoms with van der Waals surface area (Å²) in [5.41, 5.74) is 0. The molecule has 0 saturated heterocycles. The third-order valence-corrected chi connectivity index (χ3v) is 0. The van der Waals surface area contributed by atoms with Crippen LogP contribution >= 0.6 is 0 Å². The van der Waals surface area contributed by atoms with Gasteiger partial charge in [0.05, 0.1) is 0 Å². The van der Waals surface area contributed by atoms with Gasteiger partial charge < -0.3 is 5.21 Å². The standard InChI is InChI=1S/HNO3.2Pb.4H/c2-1(3)4;;;;;;/h(H,2,3,4);;;;;;. The van der Waals surface area contributed by atoms with Gasteiger partial charge in [-0.1, -0.05) is 0 Å².